The van der Waals surface area contributed by atoms with E-state index in [9.17, 15) is 4.79 Å². The van der Waals surface area contributed by atoms with E-state index in [0.29, 0.717) is 18.9 Å². The van der Waals surface area contributed by atoms with Crippen LogP contribution in [-0.2, 0) is 4.74 Å². The lowest BCUT2D eigenvalue weighted by atomic mass is 10.1. The molecule has 1 aliphatic heterocycles. The summed E-state index contributed by atoms with van der Waals surface area (Å²) < 4.78 is 5.34. The van der Waals surface area contributed by atoms with Crippen LogP contribution in [0.25, 0.3) is 5.70 Å². The number of ether oxygens (including phenoxy) is 1. The third-order valence-electron chi connectivity index (χ3n) is 3.90. The third-order valence-corrected chi connectivity index (χ3v) is 3.90. The van der Waals surface area contributed by atoms with Gasteiger partial charge in [-0.1, -0.05) is 30.3 Å². The van der Waals surface area contributed by atoms with Crippen LogP contribution in [0.4, 0.5) is 4.79 Å². The first-order valence-corrected chi connectivity index (χ1v) is 7.45. The van der Waals surface area contributed by atoms with E-state index in [1.807, 2.05) is 37.4 Å². The molecule has 0 unspecified atom stereocenters. The van der Waals surface area contributed by atoms with Gasteiger partial charge < -0.3 is 14.5 Å². The number of hydrogen-bond donors (Lipinski definition) is 0. The summed E-state index contributed by atoms with van der Waals surface area (Å²) in [5, 5.41) is 0. The molecule has 0 atom stereocenters. The second-order valence-corrected chi connectivity index (χ2v) is 5.39. The number of hydrogen-bond acceptors (Lipinski definition) is 3. The van der Waals surface area contributed by atoms with Gasteiger partial charge in [-0.05, 0) is 19.6 Å². The van der Waals surface area contributed by atoms with Crippen LogP contribution in [-0.4, -0.2) is 55.9 Å². The van der Waals surface area contributed by atoms with Crippen LogP contribution in [0.15, 0.2) is 41.5 Å². The maximum Gasteiger partial charge on any atom is 0.323 e. The first-order chi connectivity index (χ1) is 10.6. The molecule has 118 valence electrons. The number of carbonyl (C=O) groups is 1. The van der Waals surface area contributed by atoms with Crippen LogP contribution >= 0.6 is 0 Å². The molecule has 22 heavy (non-hydrogen) atoms. The van der Waals surface area contributed by atoms with E-state index in [-0.39, 0.29) is 12.1 Å². The molecular weight excluding hydrogens is 278 g/mol. The Hall–Kier alpha value is -2.14. The highest BCUT2D eigenvalue weighted by molar-refractivity contribution is 5.78. The molecule has 0 spiro atoms. The highest BCUT2D eigenvalue weighted by Crippen LogP contribution is 2.18. The Bertz CT molecular complexity index is 536. The van der Waals surface area contributed by atoms with Crippen molar-refractivity contribution in [1.82, 2.24) is 9.80 Å². The lowest BCUT2D eigenvalue weighted by Crippen LogP contribution is -2.45. The first kappa shape index (κ1) is 16.2. The molecule has 0 aromatic heterocycles. The van der Waals surface area contributed by atoms with Crippen LogP contribution in [0.5, 0.6) is 0 Å². The Balaban J connectivity index is 2.08. The predicted molar refractivity (Wildman–Crippen MR) is 88.7 cm³/mol. The van der Waals surface area contributed by atoms with Crippen LogP contribution in [0.3, 0.4) is 0 Å². The number of nitrogens with zero attached hydrogens (tertiary/aromatic N) is 3. The highest BCUT2D eigenvalue weighted by atomic mass is 16.5. The van der Waals surface area contributed by atoms with Crippen molar-refractivity contribution in [3.63, 3.8) is 0 Å². The van der Waals surface area contributed by atoms with Gasteiger partial charge in [-0.25, -0.2) is 4.79 Å². The van der Waals surface area contributed by atoms with Gasteiger partial charge in [0, 0.05) is 45.1 Å². The number of carbonyl (C=O) groups excluding carboxylic acids is 1. The van der Waals surface area contributed by atoms with E-state index in [1.54, 1.807) is 23.0 Å². The monoisotopic (exact) mass is 301 g/mol. The van der Waals surface area contributed by atoms with Crippen molar-refractivity contribution in [2.75, 3.05) is 27.3 Å². The number of aliphatic imine (C=N–C) groups is 1. The summed E-state index contributed by atoms with van der Waals surface area (Å²) in [6.07, 6.45) is 3.48. The van der Waals surface area contributed by atoms with Gasteiger partial charge in [0.25, 0.3) is 0 Å². The Labute approximate surface area is 131 Å². The first-order valence-electron chi connectivity index (χ1n) is 7.45. The Morgan fingerprint density at radius 2 is 1.91 bits per heavy atom. The maximum absolute atomic E-state index is 12.5. The molecule has 1 saturated heterocycles. The summed E-state index contributed by atoms with van der Waals surface area (Å²) in [5.41, 5.74) is 1.61. The Kier molecular flexibility index (Phi) is 5.72. The summed E-state index contributed by atoms with van der Waals surface area (Å²) in [5.74, 6) is 0. The number of amides is 2. The molecule has 1 aromatic carbocycles. The van der Waals surface area contributed by atoms with Gasteiger partial charge >= 0.3 is 6.03 Å². The van der Waals surface area contributed by atoms with Gasteiger partial charge in [-0.2, -0.15) is 0 Å². The van der Waals surface area contributed by atoms with Crippen molar-refractivity contribution < 1.29 is 9.53 Å². The van der Waals surface area contributed by atoms with Crippen LogP contribution in [0, 0.1) is 0 Å². The highest BCUT2D eigenvalue weighted by Gasteiger charge is 2.24. The van der Waals surface area contributed by atoms with Gasteiger partial charge in [0.15, 0.2) is 0 Å². The SMILES string of the molecule is C=NC(=CN(C)C(=O)N(C)C1CCOCC1)c1ccccc1. The van der Waals surface area contributed by atoms with E-state index >= 15 is 0 Å². The number of rotatable bonds is 4. The molecule has 1 aliphatic rings. The zero-order valence-electron chi connectivity index (χ0n) is 13.2. The fourth-order valence-corrected chi connectivity index (χ4v) is 2.53. The van der Waals surface area contributed by atoms with Gasteiger partial charge in [0.05, 0.1) is 5.70 Å². The van der Waals surface area contributed by atoms with E-state index in [0.717, 1.165) is 18.4 Å². The smallest absolute Gasteiger partial charge is 0.323 e. The minimum absolute atomic E-state index is 0.0519. The van der Waals surface area contributed by atoms with Crippen molar-refractivity contribution in [1.29, 1.82) is 0 Å². The number of benzene rings is 1. The molecule has 5 heteroatoms. The molecule has 1 aromatic rings. The molecule has 0 N–H and O–H groups in total. The summed E-state index contributed by atoms with van der Waals surface area (Å²) in [4.78, 5) is 19.9. The lowest BCUT2D eigenvalue weighted by molar-refractivity contribution is 0.0495. The summed E-state index contributed by atoms with van der Waals surface area (Å²) in [6.45, 7) is 5.03. The van der Waals surface area contributed by atoms with E-state index in [2.05, 4.69) is 11.7 Å². The summed E-state index contributed by atoms with van der Waals surface area (Å²) >= 11 is 0. The van der Waals surface area contributed by atoms with Gasteiger partial charge in [0.2, 0.25) is 0 Å². The normalized spacial score (nSPS) is 16.2. The molecule has 2 amide bonds. The topological polar surface area (TPSA) is 45.1 Å². The van der Waals surface area contributed by atoms with Crippen molar-refractivity contribution >= 4 is 18.4 Å². The van der Waals surface area contributed by atoms with E-state index < -0.39 is 0 Å². The molecule has 1 fully saturated rings. The van der Waals surface area contributed by atoms with Gasteiger partial charge in [-0.15, -0.1) is 0 Å². The molecular formula is C17H23N3O2. The molecule has 0 bridgehead atoms. The molecule has 5 nitrogen and oxygen atoms in total. The minimum atomic E-state index is -0.0519. The largest absolute Gasteiger partial charge is 0.381 e. The second-order valence-electron chi connectivity index (χ2n) is 5.39. The van der Waals surface area contributed by atoms with Crippen molar-refractivity contribution in [2.24, 2.45) is 4.99 Å². The van der Waals surface area contributed by atoms with E-state index in [4.69, 9.17) is 4.74 Å². The summed E-state index contributed by atoms with van der Waals surface area (Å²) in [7, 11) is 3.58. The zero-order chi connectivity index (χ0) is 15.9. The molecule has 0 saturated carbocycles. The minimum Gasteiger partial charge on any atom is -0.381 e. The fourth-order valence-electron chi connectivity index (χ4n) is 2.53. The fraction of sp³-hybridized carbons (Fsp3) is 0.412. The molecule has 0 radical (unpaired) electrons. The van der Waals surface area contributed by atoms with Gasteiger partial charge in [-0.3, -0.25) is 4.99 Å². The van der Waals surface area contributed by atoms with Gasteiger partial charge in [0.1, 0.15) is 0 Å². The summed E-state index contributed by atoms with van der Waals surface area (Å²) in [6, 6.07) is 9.88. The van der Waals surface area contributed by atoms with Crippen molar-refractivity contribution in [2.45, 2.75) is 18.9 Å². The molecule has 0 aliphatic carbocycles. The quantitative estimate of drug-likeness (QED) is 0.803. The molecule has 2 rings (SSSR count). The second kappa shape index (κ2) is 7.75. The predicted octanol–water partition coefficient (Wildman–Crippen LogP) is 2.85. The van der Waals surface area contributed by atoms with Crippen molar-refractivity contribution in [3.8, 4) is 0 Å². The average molecular weight is 301 g/mol. The Morgan fingerprint density at radius 1 is 1.27 bits per heavy atom. The van der Waals surface area contributed by atoms with Crippen LogP contribution < -0.4 is 0 Å². The number of urea groups is 1. The standard InChI is InChI=1S/C17H23N3O2/c1-18-16(14-7-5-4-6-8-14)13-19(2)17(21)20(3)15-9-11-22-12-10-15/h4-8,13,15H,1,9-12H2,2-3H3. The lowest BCUT2D eigenvalue weighted by Gasteiger charge is -2.33. The van der Waals surface area contributed by atoms with E-state index in [1.165, 1.54) is 0 Å². The average Bonchev–Trinajstić information content (AvgIpc) is 2.59. The Morgan fingerprint density at radius 3 is 2.50 bits per heavy atom. The molecule has 1 heterocycles. The maximum atomic E-state index is 12.5. The van der Waals surface area contributed by atoms with Crippen molar-refractivity contribution in [3.05, 3.63) is 42.1 Å². The zero-order valence-corrected chi connectivity index (χ0v) is 13.2. The third kappa shape index (κ3) is 3.95. The van der Waals surface area contributed by atoms with Crippen LogP contribution in [0.2, 0.25) is 0 Å². The van der Waals surface area contributed by atoms with Crippen LogP contribution in [0.1, 0.15) is 18.4 Å².